The lowest BCUT2D eigenvalue weighted by Gasteiger charge is -2.38. The molecule has 2 N–H and O–H groups in total. The number of ether oxygens (including phenoxy) is 1. The molecule has 2 aliphatic rings. The molecular weight excluding hydrogens is 320 g/mol. The van der Waals surface area contributed by atoms with E-state index in [4.69, 9.17) is 4.74 Å². The molecule has 0 aromatic heterocycles. The summed E-state index contributed by atoms with van der Waals surface area (Å²) >= 11 is 0. The van der Waals surface area contributed by atoms with Gasteiger partial charge in [-0.15, -0.1) is 0 Å². The molecule has 2 amide bonds. The van der Waals surface area contributed by atoms with E-state index < -0.39 is 0 Å². The molecule has 2 fully saturated rings. The number of carbonyl (C=O) groups is 2. The molecule has 136 valence electrons. The molecule has 0 aliphatic carbocycles. The zero-order valence-corrected chi connectivity index (χ0v) is 14.7. The standard InChI is InChI=1S/C18H26N4O3/c1-25-16-4-2-14(3-5-16)17(23)20-6-7-21-8-10-22(11-9-21)18(24)15-12-19-13-15/h2-5,15,19H,6-13H2,1H3,(H,20,23). The first-order valence-electron chi connectivity index (χ1n) is 8.81. The summed E-state index contributed by atoms with van der Waals surface area (Å²) < 4.78 is 5.09. The van der Waals surface area contributed by atoms with E-state index in [9.17, 15) is 9.59 Å². The van der Waals surface area contributed by atoms with Crippen molar-refractivity contribution in [3.63, 3.8) is 0 Å². The van der Waals surface area contributed by atoms with Gasteiger partial charge in [0.2, 0.25) is 5.91 Å². The first kappa shape index (κ1) is 17.7. The highest BCUT2D eigenvalue weighted by Gasteiger charge is 2.30. The molecule has 0 spiro atoms. The van der Waals surface area contributed by atoms with Crippen LogP contribution < -0.4 is 15.4 Å². The quantitative estimate of drug-likeness (QED) is 0.746. The average Bonchev–Trinajstić information content (AvgIpc) is 2.61. The Morgan fingerprint density at radius 3 is 2.40 bits per heavy atom. The van der Waals surface area contributed by atoms with Crippen molar-refractivity contribution < 1.29 is 14.3 Å². The predicted molar refractivity (Wildman–Crippen MR) is 94.7 cm³/mol. The number of methoxy groups -OCH3 is 1. The highest BCUT2D eigenvalue weighted by atomic mass is 16.5. The number of amides is 2. The molecule has 0 radical (unpaired) electrons. The number of nitrogens with one attached hydrogen (secondary N) is 2. The molecule has 0 unspecified atom stereocenters. The van der Waals surface area contributed by atoms with Crippen LogP contribution in [0.15, 0.2) is 24.3 Å². The first-order valence-corrected chi connectivity index (χ1v) is 8.81. The number of carbonyl (C=O) groups excluding carboxylic acids is 2. The molecule has 0 saturated carbocycles. The molecule has 0 bridgehead atoms. The Hall–Kier alpha value is -2.12. The van der Waals surface area contributed by atoms with Crippen molar-refractivity contribution in [3.05, 3.63) is 29.8 Å². The van der Waals surface area contributed by atoms with E-state index in [2.05, 4.69) is 15.5 Å². The molecule has 25 heavy (non-hydrogen) atoms. The van der Waals surface area contributed by atoms with Gasteiger partial charge >= 0.3 is 0 Å². The number of piperazine rings is 1. The summed E-state index contributed by atoms with van der Waals surface area (Å²) in [5.74, 6) is 1.12. The largest absolute Gasteiger partial charge is 0.497 e. The van der Waals surface area contributed by atoms with Gasteiger partial charge in [-0.25, -0.2) is 0 Å². The Balaban J connectivity index is 1.35. The van der Waals surface area contributed by atoms with Gasteiger partial charge in [-0.05, 0) is 24.3 Å². The van der Waals surface area contributed by atoms with Crippen molar-refractivity contribution in [2.75, 3.05) is 59.5 Å². The number of rotatable bonds is 6. The maximum atomic E-state index is 12.2. The van der Waals surface area contributed by atoms with Gasteiger partial charge in [0.05, 0.1) is 13.0 Å². The molecular formula is C18H26N4O3. The van der Waals surface area contributed by atoms with Gasteiger partial charge < -0.3 is 20.3 Å². The summed E-state index contributed by atoms with van der Waals surface area (Å²) in [6.07, 6.45) is 0. The second-order valence-corrected chi connectivity index (χ2v) is 6.51. The number of hydrogen-bond acceptors (Lipinski definition) is 5. The lowest BCUT2D eigenvalue weighted by atomic mass is 10.0. The van der Waals surface area contributed by atoms with Gasteiger partial charge in [-0.1, -0.05) is 0 Å². The Bertz CT molecular complexity index is 593. The molecule has 7 nitrogen and oxygen atoms in total. The number of nitrogens with zero attached hydrogens (tertiary/aromatic N) is 2. The topological polar surface area (TPSA) is 73.9 Å². The SMILES string of the molecule is COc1ccc(C(=O)NCCN2CCN(C(=O)C3CNC3)CC2)cc1. The highest BCUT2D eigenvalue weighted by molar-refractivity contribution is 5.94. The molecule has 1 aromatic carbocycles. The Kier molecular flexibility index (Phi) is 5.88. The minimum Gasteiger partial charge on any atom is -0.497 e. The van der Waals surface area contributed by atoms with E-state index in [-0.39, 0.29) is 17.7 Å². The Labute approximate surface area is 148 Å². The van der Waals surface area contributed by atoms with Crippen LogP contribution in [0.4, 0.5) is 0 Å². The smallest absolute Gasteiger partial charge is 0.251 e. The van der Waals surface area contributed by atoms with Gasteiger partial charge in [-0.3, -0.25) is 14.5 Å². The van der Waals surface area contributed by atoms with Crippen LogP contribution in [-0.2, 0) is 4.79 Å². The lowest BCUT2D eigenvalue weighted by molar-refractivity contribution is -0.138. The summed E-state index contributed by atoms with van der Waals surface area (Å²) in [5.41, 5.74) is 0.630. The van der Waals surface area contributed by atoms with Crippen LogP contribution in [0.3, 0.4) is 0 Å². The maximum Gasteiger partial charge on any atom is 0.251 e. The second-order valence-electron chi connectivity index (χ2n) is 6.51. The predicted octanol–water partition coefficient (Wildman–Crippen LogP) is -0.211. The van der Waals surface area contributed by atoms with Crippen LogP contribution in [0.2, 0.25) is 0 Å². The Morgan fingerprint density at radius 2 is 1.84 bits per heavy atom. The third-order valence-corrected chi connectivity index (χ3v) is 4.88. The van der Waals surface area contributed by atoms with Gasteiger partial charge in [0.25, 0.3) is 5.91 Å². The summed E-state index contributed by atoms with van der Waals surface area (Å²) in [6, 6.07) is 7.08. The van der Waals surface area contributed by atoms with Crippen molar-refractivity contribution in [3.8, 4) is 5.75 Å². The highest BCUT2D eigenvalue weighted by Crippen LogP contribution is 2.12. The fraction of sp³-hybridized carbons (Fsp3) is 0.556. The molecule has 1 aromatic rings. The number of hydrogen-bond donors (Lipinski definition) is 2. The molecule has 0 atom stereocenters. The third kappa shape index (κ3) is 4.49. The van der Waals surface area contributed by atoms with E-state index in [0.29, 0.717) is 12.1 Å². The van der Waals surface area contributed by atoms with Crippen molar-refractivity contribution in [2.24, 2.45) is 5.92 Å². The zero-order chi connectivity index (χ0) is 17.6. The Morgan fingerprint density at radius 1 is 1.16 bits per heavy atom. The van der Waals surface area contributed by atoms with Gasteiger partial charge in [-0.2, -0.15) is 0 Å². The van der Waals surface area contributed by atoms with Crippen LogP contribution in [-0.4, -0.2) is 81.1 Å². The summed E-state index contributed by atoms with van der Waals surface area (Å²) in [4.78, 5) is 28.6. The van der Waals surface area contributed by atoms with Gasteiger partial charge in [0, 0.05) is 57.9 Å². The summed E-state index contributed by atoms with van der Waals surface area (Å²) in [6.45, 7) is 6.32. The molecule has 3 rings (SSSR count). The van der Waals surface area contributed by atoms with Crippen LogP contribution in [0.5, 0.6) is 5.75 Å². The average molecular weight is 346 g/mol. The van der Waals surface area contributed by atoms with E-state index in [1.165, 1.54) is 0 Å². The fourth-order valence-corrected chi connectivity index (χ4v) is 3.09. The van der Waals surface area contributed by atoms with E-state index >= 15 is 0 Å². The second kappa shape index (κ2) is 8.31. The van der Waals surface area contributed by atoms with Gasteiger partial charge in [0.15, 0.2) is 0 Å². The minimum atomic E-state index is -0.0750. The minimum absolute atomic E-state index is 0.0750. The van der Waals surface area contributed by atoms with Crippen molar-refractivity contribution >= 4 is 11.8 Å². The molecule has 2 aliphatic heterocycles. The van der Waals surface area contributed by atoms with Gasteiger partial charge in [0.1, 0.15) is 5.75 Å². The van der Waals surface area contributed by atoms with Crippen LogP contribution in [0.25, 0.3) is 0 Å². The van der Waals surface area contributed by atoms with Crippen LogP contribution in [0, 0.1) is 5.92 Å². The van der Waals surface area contributed by atoms with Crippen molar-refractivity contribution in [2.45, 2.75) is 0 Å². The van der Waals surface area contributed by atoms with E-state index in [1.54, 1.807) is 31.4 Å². The fourth-order valence-electron chi connectivity index (χ4n) is 3.09. The lowest BCUT2D eigenvalue weighted by Crippen LogP contribution is -2.56. The van der Waals surface area contributed by atoms with Crippen LogP contribution >= 0.6 is 0 Å². The normalized spacial score (nSPS) is 18.5. The van der Waals surface area contributed by atoms with Crippen molar-refractivity contribution in [1.29, 1.82) is 0 Å². The molecule has 7 heteroatoms. The monoisotopic (exact) mass is 346 g/mol. The summed E-state index contributed by atoms with van der Waals surface area (Å²) in [5, 5.41) is 6.09. The van der Waals surface area contributed by atoms with E-state index in [1.807, 2.05) is 4.90 Å². The first-order chi connectivity index (χ1) is 12.2. The third-order valence-electron chi connectivity index (χ3n) is 4.88. The van der Waals surface area contributed by atoms with Crippen LogP contribution in [0.1, 0.15) is 10.4 Å². The van der Waals surface area contributed by atoms with Crippen molar-refractivity contribution in [1.82, 2.24) is 20.4 Å². The zero-order valence-electron chi connectivity index (χ0n) is 14.7. The number of benzene rings is 1. The molecule has 2 heterocycles. The maximum absolute atomic E-state index is 12.2. The molecule has 2 saturated heterocycles. The summed E-state index contributed by atoms with van der Waals surface area (Å²) in [7, 11) is 1.60. The van der Waals surface area contributed by atoms with E-state index in [0.717, 1.165) is 51.6 Å².